The molecule has 1 heterocycles. The second-order valence-corrected chi connectivity index (χ2v) is 8.39. The molecule has 0 fully saturated rings. The first-order valence-corrected chi connectivity index (χ1v) is 12.2. The number of carbonyl (C=O) groups excluding carboxylic acids is 2. The number of likely N-dealkylation sites (N-methyl/N-ethyl adjacent to an activating group) is 1. The molecule has 7 nitrogen and oxygen atoms in total. The SMILES string of the molecule is CCOC(=O)c1c(C)n(-c2ccc(OC)cc2)c2c1cc(OCC(=O)N(CC)CC)c1ccccc12. The van der Waals surface area contributed by atoms with Gasteiger partial charge in [0.15, 0.2) is 6.61 Å². The van der Waals surface area contributed by atoms with Crippen LogP contribution in [0.15, 0.2) is 54.6 Å². The Bertz CT molecular complexity index is 1400. The van der Waals surface area contributed by atoms with Crippen LogP contribution < -0.4 is 9.47 Å². The summed E-state index contributed by atoms with van der Waals surface area (Å²) in [6, 6.07) is 17.4. The Hall–Kier alpha value is -4.00. The van der Waals surface area contributed by atoms with Gasteiger partial charge in [0.2, 0.25) is 0 Å². The van der Waals surface area contributed by atoms with E-state index in [1.807, 2.05) is 75.4 Å². The van der Waals surface area contributed by atoms with Crippen LogP contribution in [0.4, 0.5) is 0 Å². The molecule has 0 saturated carbocycles. The highest BCUT2D eigenvalue weighted by molar-refractivity contribution is 6.17. The fourth-order valence-corrected chi connectivity index (χ4v) is 4.67. The Morgan fingerprint density at radius 2 is 1.58 bits per heavy atom. The molecule has 0 unspecified atom stereocenters. The van der Waals surface area contributed by atoms with Crippen LogP contribution in [0.5, 0.6) is 11.5 Å². The quantitative estimate of drug-likeness (QED) is 0.290. The zero-order chi connectivity index (χ0) is 25.8. The van der Waals surface area contributed by atoms with Crippen molar-refractivity contribution in [2.45, 2.75) is 27.7 Å². The van der Waals surface area contributed by atoms with Crippen LogP contribution in [0.2, 0.25) is 0 Å². The fourth-order valence-electron chi connectivity index (χ4n) is 4.67. The van der Waals surface area contributed by atoms with Crippen molar-refractivity contribution in [1.82, 2.24) is 9.47 Å². The number of nitrogens with zero attached hydrogens (tertiary/aromatic N) is 2. The second kappa shape index (κ2) is 10.7. The van der Waals surface area contributed by atoms with Crippen molar-refractivity contribution in [1.29, 1.82) is 0 Å². The van der Waals surface area contributed by atoms with E-state index in [1.165, 1.54) is 0 Å². The van der Waals surface area contributed by atoms with Gasteiger partial charge in [-0.2, -0.15) is 0 Å². The van der Waals surface area contributed by atoms with E-state index in [2.05, 4.69) is 4.57 Å². The highest BCUT2D eigenvalue weighted by Crippen LogP contribution is 2.40. The Labute approximate surface area is 211 Å². The average molecular weight is 489 g/mol. The number of esters is 1. The number of ether oxygens (including phenoxy) is 3. The van der Waals surface area contributed by atoms with Gasteiger partial charge in [-0.25, -0.2) is 4.79 Å². The van der Waals surface area contributed by atoms with Gasteiger partial charge in [0.1, 0.15) is 11.5 Å². The van der Waals surface area contributed by atoms with Gasteiger partial charge >= 0.3 is 5.97 Å². The normalized spacial score (nSPS) is 11.0. The lowest BCUT2D eigenvalue weighted by Crippen LogP contribution is -2.34. The molecule has 4 rings (SSSR count). The molecule has 7 heteroatoms. The maximum absolute atomic E-state index is 13.1. The smallest absolute Gasteiger partial charge is 0.340 e. The lowest BCUT2D eigenvalue weighted by atomic mass is 10.0. The zero-order valence-corrected chi connectivity index (χ0v) is 21.5. The Morgan fingerprint density at radius 1 is 0.917 bits per heavy atom. The third kappa shape index (κ3) is 4.49. The van der Waals surface area contributed by atoms with E-state index in [0.717, 1.165) is 33.4 Å². The molecular weight excluding hydrogens is 456 g/mol. The first-order valence-electron chi connectivity index (χ1n) is 12.2. The van der Waals surface area contributed by atoms with Crippen LogP contribution in [0.1, 0.15) is 36.8 Å². The van der Waals surface area contributed by atoms with Gasteiger partial charge < -0.3 is 23.7 Å². The van der Waals surface area contributed by atoms with Crippen molar-refractivity contribution in [3.63, 3.8) is 0 Å². The number of hydrogen-bond acceptors (Lipinski definition) is 5. The van der Waals surface area contributed by atoms with E-state index >= 15 is 0 Å². The van der Waals surface area contributed by atoms with Crippen LogP contribution in [0.25, 0.3) is 27.4 Å². The van der Waals surface area contributed by atoms with Gasteiger partial charge in [-0.1, -0.05) is 24.3 Å². The molecule has 3 aromatic carbocycles. The molecule has 0 radical (unpaired) electrons. The molecule has 0 atom stereocenters. The number of methoxy groups -OCH3 is 1. The van der Waals surface area contributed by atoms with E-state index < -0.39 is 5.97 Å². The largest absolute Gasteiger partial charge is 0.497 e. The van der Waals surface area contributed by atoms with E-state index in [1.54, 1.807) is 18.9 Å². The van der Waals surface area contributed by atoms with Crippen molar-refractivity contribution in [3.05, 3.63) is 65.9 Å². The van der Waals surface area contributed by atoms with E-state index in [-0.39, 0.29) is 19.1 Å². The number of benzene rings is 3. The lowest BCUT2D eigenvalue weighted by Gasteiger charge is -2.19. The van der Waals surface area contributed by atoms with Crippen molar-refractivity contribution < 1.29 is 23.8 Å². The number of fused-ring (bicyclic) bond motifs is 3. The maximum atomic E-state index is 13.1. The highest BCUT2D eigenvalue weighted by atomic mass is 16.5. The standard InChI is InChI=1S/C29H32N2O5/c1-6-30(7-2)26(32)18-36-25-17-24-27(29(33)35-8-3)19(4)31(20-13-15-21(34-5)16-14-20)28(24)23-12-10-9-11-22(23)25/h9-17H,6-8,18H2,1-5H3. The minimum Gasteiger partial charge on any atom is -0.497 e. The first kappa shape index (κ1) is 25.1. The number of amides is 1. The van der Waals surface area contributed by atoms with Crippen molar-refractivity contribution in [2.75, 3.05) is 33.4 Å². The molecule has 36 heavy (non-hydrogen) atoms. The predicted octanol–water partition coefficient (Wildman–Crippen LogP) is 5.52. The lowest BCUT2D eigenvalue weighted by molar-refractivity contribution is -0.132. The summed E-state index contributed by atoms with van der Waals surface area (Å²) < 4.78 is 18.9. The van der Waals surface area contributed by atoms with Gasteiger partial charge in [-0.3, -0.25) is 4.79 Å². The van der Waals surface area contributed by atoms with E-state index in [4.69, 9.17) is 14.2 Å². The maximum Gasteiger partial charge on any atom is 0.340 e. The molecule has 0 saturated heterocycles. The monoisotopic (exact) mass is 488 g/mol. The predicted molar refractivity (Wildman–Crippen MR) is 141 cm³/mol. The van der Waals surface area contributed by atoms with Gasteiger partial charge in [-0.15, -0.1) is 0 Å². The second-order valence-electron chi connectivity index (χ2n) is 8.39. The Kier molecular flexibility index (Phi) is 7.48. The molecule has 0 bridgehead atoms. The third-order valence-electron chi connectivity index (χ3n) is 6.45. The molecule has 0 aliphatic carbocycles. The minimum absolute atomic E-state index is 0.0793. The Balaban J connectivity index is 1.96. The van der Waals surface area contributed by atoms with Crippen LogP contribution >= 0.6 is 0 Å². The van der Waals surface area contributed by atoms with Gasteiger partial charge in [-0.05, 0) is 58.0 Å². The van der Waals surface area contributed by atoms with Crippen LogP contribution in [-0.4, -0.2) is 54.8 Å². The van der Waals surface area contributed by atoms with E-state index in [9.17, 15) is 9.59 Å². The topological polar surface area (TPSA) is 70.0 Å². The summed E-state index contributed by atoms with van der Waals surface area (Å²) >= 11 is 0. The van der Waals surface area contributed by atoms with Crippen LogP contribution in [0, 0.1) is 6.92 Å². The zero-order valence-electron chi connectivity index (χ0n) is 21.5. The number of rotatable bonds is 9. The number of hydrogen-bond donors (Lipinski definition) is 0. The number of aromatic nitrogens is 1. The molecule has 0 spiro atoms. The van der Waals surface area contributed by atoms with Gasteiger partial charge in [0, 0.05) is 40.6 Å². The average Bonchev–Trinajstić information content (AvgIpc) is 3.20. The minimum atomic E-state index is -0.396. The summed E-state index contributed by atoms with van der Waals surface area (Å²) in [5.74, 6) is 0.822. The molecular formula is C29H32N2O5. The summed E-state index contributed by atoms with van der Waals surface area (Å²) in [6.07, 6.45) is 0. The fraction of sp³-hybridized carbons (Fsp3) is 0.310. The molecule has 0 aliphatic rings. The van der Waals surface area contributed by atoms with Crippen LogP contribution in [0.3, 0.4) is 0 Å². The Morgan fingerprint density at radius 3 is 2.19 bits per heavy atom. The summed E-state index contributed by atoms with van der Waals surface area (Å²) in [7, 11) is 1.63. The van der Waals surface area contributed by atoms with E-state index in [0.29, 0.717) is 29.8 Å². The highest BCUT2D eigenvalue weighted by Gasteiger charge is 2.25. The van der Waals surface area contributed by atoms with Crippen LogP contribution in [-0.2, 0) is 9.53 Å². The van der Waals surface area contributed by atoms with Gasteiger partial charge in [0.05, 0.1) is 24.8 Å². The summed E-state index contributed by atoms with van der Waals surface area (Å²) in [5.41, 5.74) is 3.01. The molecule has 4 aromatic rings. The van der Waals surface area contributed by atoms with Gasteiger partial charge in [0.25, 0.3) is 5.91 Å². The first-order chi connectivity index (χ1) is 17.4. The molecule has 1 amide bonds. The summed E-state index contributed by atoms with van der Waals surface area (Å²) in [5, 5.41) is 2.49. The molecule has 188 valence electrons. The third-order valence-corrected chi connectivity index (χ3v) is 6.45. The summed E-state index contributed by atoms with van der Waals surface area (Å²) in [6.45, 7) is 9.02. The molecule has 1 aromatic heterocycles. The number of carbonyl (C=O) groups is 2. The van der Waals surface area contributed by atoms with Crippen molar-refractivity contribution >= 4 is 33.6 Å². The summed E-state index contributed by atoms with van der Waals surface area (Å²) in [4.78, 5) is 27.5. The molecule has 0 N–H and O–H groups in total. The van der Waals surface area contributed by atoms with Crippen molar-refractivity contribution in [3.8, 4) is 17.2 Å². The molecule has 0 aliphatic heterocycles. The van der Waals surface area contributed by atoms with Crippen molar-refractivity contribution in [2.24, 2.45) is 0 Å².